The summed E-state index contributed by atoms with van der Waals surface area (Å²) in [7, 11) is 3.80. The van der Waals surface area contributed by atoms with E-state index in [1.807, 2.05) is 23.9 Å². The molecule has 2 fully saturated rings. The second-order valence-electron chi connectivity index (χ2n) is 5.63. The molecule has 0 bridgehead atoms. The van der Waals surface area contributed by atoms with E-state index < -0.39 is 0 Å². The Bertz CT molecular complexity index is 296. The van der Waals surface area contributed by atoms with E-state index in [9.17, 15) is 9.90 Å². The maximum Gasteiger partial charge on any atom is 0.237 e. The summed E-state index contributed by atoms with van der Waals surface area (Å²) in [6.45, 7) is 2.26. The molecule has 18 heavy (non-hydrogen) atoms. The fraction of sp³-hybridized carbons (Fsp3) is 0.923. The summed E-state index contributed by atoms with van der Waals surface area (Å²) in [4.78, 5) is 16.0. The van der Waals surface area contributed by atoms with Crippen molar-refractivity contribution < 1.29 is 14.6 Å². The van der Waals surface area contributed by atoms with Crippen LogP contribution in [0.4, 0.5) is 0 Å². The molecular formula is C13H24N2O3. The first-order valence-corrected chi connectivity index (χ1v) is 6.79. The largest absolute Gasteiger partial charge is 0.393 e. The molecule has 0 spiro atoms. The van der Waals surface area contributed by atoms with E-state index >= 15 is 0 Å². The number of amides is 1. The van der Waals surface area contributed by atoms with Crippen molar-refractivity contribution in [1.82, 2.24) is 9.80 Å². The second kappa shape index (κ2) is 5.99. The zero-order valence-corrected chi connectivity index (χ0v) is 11.3. The van der Waals surface area contributed by atoms with Crippen LogP contribution >= 0.6 is 0 Å². The Morgan fingerprint density at radius 3 is 2.83 bits per heavy atom. The van der Waals surface area contributed by atoms with Crippen molar-refractivity contribution in [3.05, 3.63) is 0 Å². The Balaban J connectivity index is 2.03. The number of hydrogen-bond donors (Lipinski definition) is 1. The molecule has 1 aliphatic carbocycles. The highest BCUT2D eigenvalue weighted by Gasteiger charge is 2.39. The fourth-order valence-corrected chi connectivity index (χ4v) is 3.07. The molecule has 3 atom stereocenters. The number of hydrogen-bond acceptors (Lipinski definition) is 4. The predicted octanol–water partition coefficient (Wildman–Crippen LogP) is -0.0636. The van der Waals surface area contributed by atoms with Gasteiger partial charge in [-0.15, -0.1) is 0 Å². The molecule has 1 amide bonds. The molecule has 1 aliphatic heterocycles. The minimum Gasteiger partial charge on any atom is -0.393 e. The summed E-state index contributed by atoms with van der Waals surface area (Å²) in [6, 6.07) is 0.0590. The fourth-order valence-electron chi connectivity index (χ4n) is 3.07. The van der Waals surface area contributed by atoms with E-state index in [-0.39, 0.29) is 24.0 Å². The summed E-state index contributed by atoms with van der Waals surface area (Å²) in [6.07, 6.45) is 2.64. The summed E-state index contributed by atoms with van der Waals surface area (Å²) in [5, 5.41) is 10.0. The maximum absolute atomic E-state index is 12.2. The molecule has 104 valence electrons. The Labute approximate surface area is 109 Å². The van der Waals surface area contributed by atoms with Gasteiger partial charge in [-0.25, -0.2) is 0 Å². The quantitative estimate of drug-likeness (QED) is 0.768. The van der Waals surface area contributed by atoms with Gasteiger partial charge in [0.2, 0.25) is 5.91 Å². The van der Waals surface area contributed by atoms with Crippen molar-refractivity contribution in [2.45, 2.75) is 31.4 Å². The van der Waals surface area contributed by atoms with Crippen LogP contribution in [0.25, 0.3) is 0 Å². The molecule has 0 aromatic heterocycles. The molecule has 5 heteroatoms. The number of nitrogens with zero attached hydrogens (tertiary/aromatic N) is 2. The number of morpholine rings is 1. The van der Waals surface area contributed by atoms with Crippen LogP contribution in [-0.2, 0) is 9.53 Å². The molecule has 1 saturated heterocycles. The third-order valence-corrected chi connectivity index (χ3v) is 3.96. The van der Waals surface area contributed by atoms with E-state index in [0.29, 0.717) is 26.3 Å². The number of rotatable bonds is 3. The third-order valence-electron chi connectivity index (χ3n) is 3.96. The lowest BCUT2D eigenvalue weighted by molar-refractivity contribution is -0.144. The molecule has 2 rings (SSSR count). The third kappa shape index (κ3) is 3.02. The molecule has 1 N–H and O–H groups in total. The van der Waals surface area contributed by atoms with Crippen LogP contribution in [0.1, 0.15) is 19.3 Å². The van der Waals surface area contributed by atoms with Gasteiger partial charge in [0.05, 0.1) is 31.9 Å². The lowest BCUT2D eigenvalue weighted by Crippen LogP contribution is -2.55. The van der Waals surface area contributed by atoms with Crippen LogP contribution < -0.4 is 0 Å². The van der Waals surface area contributed by atoms with Gasteiger partial charge in [0.1, 0.15) is 0 Å². The smallest absolute Gasteiger partial charge is 0.237 e. The highest BCUT2D eigenvalue weighted by atomic mass is 16.5. The van der Waals surface area contributed by atoms with Crippen molar-refractivity contribution in [1.29, 1.82) is 0 Å². The predicted molar refractivity (Wildman–Crippen MR) is 68.2 cm³/mol. The van der Waals surface area contributed by atoms with Crippen LogP contribution in [0.15, 0.2) is 0 Å². The monoisotopic (exact) mass is 256 g/mol. The molecule has 0 aromatic rings. The van der Waals surface area contributed by atoms with Gasteiger partial charge >= 0.3 is 0 Å². The molecule has 0 aromatic carbocycles. The Morgan fingerprint density at radius 2 is 2.22 bits per heavy atom. The second-order valence-corrected chi connectivity index (χ2v) is 5.63. The maximum atomic E-state index is 12.2. The summed E-state index contributed by atoms with van der Waals surface area (Å²) in [5.41, 5.74) is 0. The first-order chi connectivity index (χ1) is 8.59. The van der Waals surface area contributed by atoms with Gasteiger partial charge in [-0.3, -0.25) is 4.79 Å². The normalized spacial score (nSPS) is 33.1. The summed E-state index contributed by atoms with van der Waals surface area (Å²) >= 11 is 0. The highest BCUT2D eigenvalue weighted by molar-refractivity contribution is 5.78. The molecule has 5 nitrogen and oxygen atoms in total. The van der Waals surface area contributed by atoms with E-state index in [2.05, 4.69) is 0 Å². The van der Waals surface area contributed by atoms with Crippen molar-refractivity contribution in [3.8, 4) is 0 Å². The standard InChI is InChI=1S/C13H24N2O3/c1-14(2)8-13(17)15-6-7-18-9-11(15)10-4-3-5-12(10)16/h10-12,16H,3-9H2,1-2H3/t10-,11+,12-/m0/s1. The Kier molecular flexibility index (Phi) is 4.59. The van der Waals surface area contributed by atoms with Gasteiger partial charge in [-0.05, 0) is 26.9 Å². The first kappa shape index (κ1) is 13.8. The van der Waals surface area contributed by atoms with Gasteiger partial charge in [-0.1, -0.05) is 6.42 Å². The number of aliphatic hydroxyl groups is 1. The number of ether oxygens (including phenoxy) is 1. The lowest BCUT2D eigenvalue weighted by atomic mass is 9.94. The van der Waals surface area contributed by atoms with Gasteiger partial charge in [0.25, 0.3) is 0 Å². The highest BCUT2D eigenvalue weighted by Crippen LogP contribution is 2.32. The van der Waals surface area contributed by atoms with Gasteiger partial charge < -0.3 is 19.6 Å². The molecule has 2 aliphatic rings. The lowest BCUT2D eigenvalue weighted by Gasteiger charge is -2.40. The van der Waals surface area contributed by atoms with Crippen molar-refractivity contribution >= 4 is 5.91 Å². The van der Waals surface area contributed by atoms with Crippen LogP contribution in [0.2, 0.25) is 0 Å². The van der Waals surface area contributed by atoms with E-state index in [0.717, 1.165) is 19.3 Å². The topological polar surface area (TPSA) is 53.0 Å². The van der Waals surface area contributed by atoms with Crippen molar-refractivity contribution in [2.75, 3.05) is 40.4 Å². The van der Waals surface area contributed by atoms with Gasteiger partial charge in [-0.2, -0.15) is 0 Å². The van der Waals surface area contributed by atoms with E-state index in [1.54, 1.807) is 0 Å². The first-order valence-electron chi connectivity index (χ1n) is 6.79. The molecule has 1 heterocycles. The summed E-state index contributed by atoms with van der Waals surface area (Å²) in [5.74, 6) is 0.337. The van der Waals surface area contributed by atoms with Crippen LogP contribution in [0.3, 0.4) is 0 Å². The average Bonchev–Trinajstić information content (AvgIpc) is 2.74. The van der Waals surface area contributed by atoms with Gasteiger partial charge in [0.15, 0.2) is 0 Å². The average molecular weight is 256 g/mol. The Hall–Kier alpha value is -0.650. The molecule has 1 saturated carbocycles. The zero-order chi connectivity index (χ0) is 13.1. The number of aliphatic hydroxyl groups excluding tert-OH is 1. The minimum atomic E-state index is -0.272. The van der Waals surface area contributed by atoms with Crippen LogP contribution in [-0.4, -0.2) is 73.4 Å². The SMILES string of the molecule is CN(C)CC(=O)N1CCOC[C@@H]1[C@@H]1CCC[C@@H]1O. The molecular weight excluding hydrogens is 232 g/mol. The number of likely N-dealkylation sites (N-methyl/N-ethyl adjacent to an activating group) is 1. The summed E-state index contributed by atoms with van der Waals surface area (Å²) < 4.78 is 5.51. The molecule has 0 radical (unpaired) electrons. The van der Waals surface area contributed by atoms with Crippen molar-refractivity contribution in [3.63, 3.8) is 0 Å². The van der Waals surface area contributed by atoms with E-state index in [4.69, 9.17) is 4.74 Å². The zero-order valence-electron chi connectivity index (χ0n) is 11.3. The number of carbonyl (C=O) groups excluding carboxylic acids is 1. The molecule has 0 unspecified atom stereocenters. The minimum absolute atomic E-state index is 0.0590. The van der Waals surface area contributed by atoms with E-state index in [1.165, 1.54) is 0 Å². The Morgan fingerprint density at radius 1 is 1.44 bits per heavy atom. The van der Waals surface area contributed by atoms with Gasteiger partial charge in [0, 0.05) is 12.5 Å². The number of carbonyl (C=O) groups is 1. The van der Waals surface area contributed by atoms with Crippen LogP contribution in [0, 0.1) is 5.92 Å². The van der Waals surface area contributed by atoms with Crippen molar-refractivity contribution in [2.24, 2.45) is 5.92 Å². The van der Waals surface area contributed by atoms with Crippen LogP contribution in [0.5, 0.6) is 0 Å².